The lowest BCUT2D eigenvalue weighted by molar-refractivity contribution is 0.108. The number of furan rings is 1. The minimum absolute atomic E-state index is 0.216. The number of fused-ring (bicyclic) bond motifs is 2. The highest BCUT2D eigenvalue weighted by molar-refractivity contribution is 7.13. The molecule has 1 saturated carbocycles. The fourth-order valence-corrected chi connectivity index (χ4v) is 5.97. The average Bonchev–Trinajstić information content (AvgIpc) is 3.69. The topological polar surface area (TPSA) is 116 Å². The van der Waals surface area contributed by atoms with Crippen LogP contribution in [-0.4, -0.2) is 35.6 Å². The van der Waals surface area contributed by atoms with Crippen LogP contribution >= 0.6 is 11.5 Å². The van der Waals surface area contributed by atoms with E-state index in [1.807, 2.05) is 41.3 Å². The number of halogens is 1. The van der Waals surface area contributed by atoms with Crippen LogP contribution in [0.15, 0.2) is 65.5 Å². The first kappa shape index (κ1) is 23.0. The number of pyridine rings is 1. The monoisotopic (exact) mass is 526 g/mol. The van der Waals surface area contributed by atoms with Crippen molar-refractivity contribution in [3.05, 3.63) is 66.9 Å². The molecular formula is C28H23FN6O2S. The molecule has 0 saturated heterocycles. The Morgan fingerprint density at radius 2 is 1.87 bits per heavy atom. The Balaban J connectivity index is 1.34. The van der Waals surface area contributed by atoms with E-state index in [9.17, 15) is 9.50 Å². The van der Waals surface area contributed by atoms with Crippen molar-refractivity contribution in [3.8, 4) is 33.6 Å². The van der Waals surface area contributed by atoms with Crippen LogP contribution in [0.1, 0.15) is 31.7 Å². The van der Waals surface area contributed by atoms with Crippen LogP contribution in [0.2, 0.25) is 0 Å². The van der Waals surface area contributed by atoms with E-state index in [0.29, 0.717) is 22.7 Å². The lowest BCUT2D eigenvalue weighted by atomic mass is 9.93. The van der Waals surface area contributed by atoms with Crippen molar-refractivity contribution in [2.75, 3.05) is 5.73 Å². The van der Waals surface area contributed by atoms with E-state index in [0.717, 1.165) is 63.6 Å². The number of nitrogen functional groups attached to an aromatic ring is 1. The molecule has 0 amide bonds. The highest BCUT2D eigenvalue weighted by Crippen LogP contribution is 2.41. The number of benzene rings is 2. The first-order chi connectivity index (χ1) is 18.5. The zero-order chi connectivity index (χ0) is 25.8. The Morgan fingerprint density at radius 1 is 1.00 bits per heavy atom. The molecule has 10 heteroatoms. The van der Waals surface area contributed by atoms with Crippen LogP contribution in [0.5, 0.6) is 0 Å². The highest BCUT2D eigenvalue weighted by Gasteiger charge is 2.23. The van der Waals surface area contributed by atoms with Crippen molar-refractivity contribution in [2.45, 2.75) is 37.8 Å². The first-order valence-corrected chi connectivity index (χ1v) is 13.2. The van der Waals surface area contributed by atoms with Crippen LogP contribution < -0.4 is 5.73 Å². The summed E-state index contributed by atoms with van der Waals surface area (Å²) in [6, 6.07) is 12.5. The first-order valence-electron chi connectivity index (χ1n) is 12.5. The zero-order valence-corrected chi connectivity index (χ0v) is 21.0. The Hall–Kier alpha value is -4.15. The summed E-state index contributed by atoms with van der Waals surface area (Å²) in [5.74, 6) is 0.588. The quantitative estimate of drug-likeness (QED) is 0.280. The maximum Gasteiger partial charge on any atom is 0.177 e. The van der Waals surface area contributed by atoms with Gasteiger partial charge in [-0.2, -0.15) is 5.10 Å². The van der Waals surface area contributed by atoms with Crippen molar-refractivity contribution in [1.82, 2.24) is 24.4 Å². The molecule has 1 aliphatic carbocycles. The molecule has 7 rings (SSSR count). The molecule has 8 nitrogen and oxygen atoms in total. The van der Waals surface area contributed by atoms with E-state index >= 15 is 0 Å². The molecule has 4 aromatic heterocycles. The Bertz CT molecular complexity index is 1800. The average molecular weight is 527 g/mol. The number of rotatable bonds is 4. The molecule has 190 valence electrons. The Labute approximate surface area is 220 Å². The summed E-state index contributed by atoms with van der Waals surface area (Å²) in [5, 5.41) is 19.6. The summed E-state index contributed by atoms with van der Waals surface area (Å²) >= 11 is 1.28. The van der Waals surface area contributed by atoms with Gasteiger partial charge in [-0.3, -0.25) is 4.68 Å². The molecular weight excluding hydrogens is 503 g/mol. The summed E-state index contributed by atoms with van der Waals surface area (Å²) in [6.45, 7) is 0. The van der Waals surface area contributed by atoms with Crippen molar-refractivity contribution in [2.24, 2.45) is 0 Å². The normalized spacial score (nSPS) is 17.9. The molecule has 3 N–H and O–H groups in total. The van der Waals surface area contributed by atoms with Crippen LogP contribution in [0.25, 0.3) is 54.8 Å². The Kier molecular flexibility index (Phi) is 5.45. The smallest absolute Gasteiger partial charge is 0.177 e. The van der Waals surface area contributed by atoms with E-state index in [1.54, 1.807) is 12.3 Å². The van der Waals surface area contributed by atoms with Gasteiger partial charge in [0.05, 0.1) is 23.0 Å². The van der Waals surface area contributed by atoms with Gasteiger partial charge in [-0.1, -0.05) is 16.6 Å². The van der Waals surface area contributed by atoms with Gasteiger partial charge in [0.2, 0.25) is 0 Å². The maximum absolute atomic E-state index is 14.0. The van der Waals surface area contributed by atoms with Gasteiger partial charge in [-0.15, -0.1) is 5.10 Å². The fraction of sp³-hybridized carbons (Fsp3) is 0.214. The van der Waals surface area contributed by atoms with E-state index in [1.165, 1.54) is 23.7 Å². The van der Waals surface area contributed by atoms with Crippen LogP contribution in [0, 0.1) is 5.82 Å². The van der Waals surface area contributed by atoms with Crippen LogP contribution in [0.4, 0.5) is 10.2 Å². The van der Waals surface area contributed by atoms with Gasteiger partial charge >= 0.3 is 0 Å². The summed E-state index contributed by atoms with van der Waals surface area (Å²) < 4.78 is 27.3. The number of nitrogens with zero attached hydrogens (tertiary/aromatic N) is 5. The van der Waals surface area contributed by atoms with Crippen molar-refractivity contribution in [1.29, 1.82) is 0 Å². The number of hydrogen-bond donors (Lipinski definition) is 2. The summed E-state index contributed by atoms with van der Waals surface area (Å²) in [5.41, 5.74) is 11.6. The number of aliphatic hydroxyl groups is 1. The summed E-state index contributed by atoms with van der Waals surface area (Å²) in [4.78, 5) is 4.40. The number of aromatic nitrogens is 5. The lowest BCUT2D eigenvalue weighted by Crippen LogP contribution is -2.21. The van der Waals surface area contributed by atoms with Gasteiger partial charge in [-0.25, -0.2) is 9.37 Å². The second kappa shape index (κ2) is 9.00. The molecule has 38 heavy (non-hydrogen) atoms. The van der Waals surface area contributed by atoms with Crippen molar-refractivity contribution in [3.63, 3.8) is 0 Å². The molecule has 0 spiro atoms. The third kappa shape index (κ3) is 3.93. The molecule has 1 fully saturated rings. The Morgan fingerprint density at radius 3 is 2.71 bits per heavy atom. The van der Waals surface area contributed by atoms with Crippen molar-refractivity contribution >= 4 is 38.5 Å². The molecule has 2 aromatic carbocycles. The minimum Gasteiger partial charge on any atom is -0.452 e. The fourth-order valence-electron chi connectivity index (χ4n) is 5.31. The van der Waals surface area contributed by atoms with Gasteiger partial charge in [-0.05, 0) is 78.7 Å². The zero-order valence-electron chi connectivity index (χ0n) is 20.2. The predicted molar refractivity (Wildman–Crippen MR) is 145 cm³/mol. The number of aliphatic hydroxyl groups excluding tert-OH is 1. The minimum atomic E-state index is -0.308. The second-order valence-electron chi connectivity index (χ2n) is 9.74. The van der Waals surface area contributed by atoms with Gasteiger partial charge in [0.15, 0.2) is 11.4 Å². The van der Waals surface area contributed by atoms with Crippen LogP contribution in [-0.2, 0) is 0 Å². The van der Waals surface area contributed by atoms with Gasteiger partial charge < -0.3 is 15.3 Å². The molecule has 1 aliphatic rings. The molecule has 0 bridgehead atoms. The van der Waals surface area contributed by atoms with Gasteiger partial charge in [0, 0.05) is 34.5 Å². The number of nitrogens with two attached hydrogens (primary N) is 1. The predicted octanol–water partition coefficient (Wildman–Crippen LogP) is 6.23. The van der Waals surface area contributed by atoms with Crippen molar-refractivity contribution < 1.29 is 13.9 Å². The molecule has 0 atom stereocenters. The summed E-state index contributed by atoms with van der Waals surface area (Å²) in [7, 11) is 0. The molecule has 0 aliphatic heterocycles. The third-order valence-corrected chi connectivity index (χ3v) is 8.09. The third-order valence-electron chi connectivity index (χ3n) is 7.31. The SMILES string of the molecule is Nc1ncc(-c2cnn(C3CCC(O)CC3)c2)c2cc(-c3cc(-c4cccc(F)c4)cc4nnsc34)oc12. The largest absolute Gasteiger partial charge is 0.452 e. The molecule has 4 heterocycles. The standard InChI is InChI=1S/C28H23FN6O2S/c29-18-3-1-2-15(8-18)16-9-22(27-24(10-16)33-34-38-27)25-11-21-23(13-31-28(30)26(21)37-25)17-12-32-35(14-17)19-4-6-20(36)7-5-19/h1-3,8-14,19-20,36H,4-7H2,(H2,30,31). The molecule has 6 aromatic rings. The van der Waals surface area contributed by atoms with E-state index in [4.69, 9.17) is 10.2 Å². The van der Waals surface area contributed by atoms with Gasteiger partial charge in [0.1, 0.15) is 17.1 Å². The molecule has 0 radical (unpaired) electrons. The van der Waals surface area contributed by atoms with Crippen LogP contribution in [0.3, 0.4) is 0 Å². The number of anilines is 1. The van der Waals surface area contributed by atoms with E-state index in [-0.39, 0.29) is 18.0 Å². The number of hydrogen-bond acceptors (Lipinski definition) is 8. The van der Waals surface area contributed by atoms with E-state index < -0.39 is 0 Å². The van der Waals surface area contributed by atoms with Gasteiger partial charge in [0.25, 0.3) is 0 Å². The maximum atomic E-state index is 14.0. The lowest BCUT2D eigenvalue weighted by Gasteiger charge is -2.25. The second-order valence-corrected chi connectivity index (χ2v) is 10.5. The molecule has 0 unspecified atom stereocenters. The van der Waals surface area contributed by atoms with E-state index in [2.05, 4.69) is 19.7 Å². The highest BCUT2D eigenvalue weighted by atomic mass is 32.1. The summed E-state index contributed by atoms with van der Waals surface area (Å²) in [6.07, 6.45) is 8.75.